The van der Waals surface area contributed by atoms with Crippen molar-refractivity contribution in [3.05, 3.63) is 58.9 Å². The van der Waals surface area contributed by atoms with E-state index in [2.05, 4.69) is 33.2 Å². The highest BCUT2D eigenvalue weighted by atomic mass is 32.2. The van der Waals surface area contributed by atoms with Crippen LogP contribution in [-0.2, 0) is 20.2 Å². The molecule has 1 fully saturated rings. The number of carbonyl (C=O) groups excluding carboxylic acids is 2. The first kappa shape index (κ1) is 32.2. The van der Waals surface area contributed by atoms with E-state index in [4.69, 9.17) is 4.74 Å². The number of nitrogens with zero attached hydrogens (tertiary/aromatic N) is 1. The second kappa shape index (κ2) is 12.8. The zero-order chi connectivity index (χ0) is 31.5. The largest absolute Gasteiger partial charge is 0.492 e. The van der Waals surface area contributed by atoms with Crippen molar-refractivity contribution in [3.8, 4) is 5.75 Å². The topological polar surface area (TPSA) is 141 Å². The average molecular weight is 613 g/mol. The molecule has 12 heteroatoms. The maximum Gasteiger partial charge on any atom is 0.270 e. The third kappa shape index (κ3) is 7.99. The number of hydrogen-bond acceptors (Lipinski definition) is 8. The number of sulfonamides is 1. The second-order valence-corrected chi connectivity index (χ2v) is 14.2. The third-order valence-electron chi connectivity index (χ3n) is 7.96. The molecule has 2 aromatic carbocycles. The van der Waals surface area contributed by atoms with Gasteiger partial charge in [-0.15, -0.1) is 5.53 Å². The van der Waals surface area contributed by atoms with Gasteiger partial charge in [-0.2, -0.15) is 0 Å². The minimum Gasteiger partial charge on any atom is -0.492 e. The SMILES string of the molecule is COc1c(NC(=O)c2ccc(C)c(N3C=C(C(=O)N[C@H](C)C4CCCCC4)NN3)c2)cc(C(C)(C)C)cc1NS(C)(=O)=O. The molecule has 1 heterocycles. The minimum atomic E-state index is -3.61. The predicted octanol–water partition coefficient (Wildman–Crippen LogP) is 4.68. The molecule has 2 aromatic rings. The molecule has 0 spiro atoms. The molecule has 0 bridgehead atoms. The van der Waals surface area contributed by atoms with Crippen LogP contribution in [0.1, 0.15) is 81.3 Å². The standard InChI is InChI=1S/C31H44N6O5S/c1-19-13-14-22(15-27(19)37-18-26(34-36-37)30(39)32-20(2)21-11-9-8-10-12-21)29(38)33-24-16-23(31(3,4)5)17-25(28(24)42-6)35-43(7,40)41/h13-18,20-21,34-36H,8-12H2,1-7H3,(H,32,39)(H,33,38)/t20-/m1/s1. The maximum absolute atomic E-state index is 13.5. The number of hydrogen-bond donors (Lipinski definition) is 5. The van der Waals surface area contributed by atoms with Crippen LogP contribution in [0.2, 0.25) is 0 Å². The fourth-order valence-corrected chi connectivity index (χ4v) is 6.00. The molecule has 0 radical (unpaired) electrons. The first-order valence-electron chi connectivity index (χ1n) is 14.6. The van der Waals surface area contributed by atoms with Gasteiger partial charge in [0.25, 0.3) is 11.8 Å². The summed E-state index contributed by atoms with van der Waals surface area (Å²) in [5, 5.41) is 7.69. The lowest BCUT2D eigenvalue weighted by atomic mass is 9.84. The van der Waals surface area contributed by atoms with Crippen molar-refractivity contribution in [2.45, 2.75) is 78.2 Å². The summed E-state index contributed by atoms with van der Waals surface area (Å²) in [6, 6.07) is 8.82. The Labute approximate surface area is 254 Å². The molecule has 0 unspecified atom stereocenters. The molecule has 4 rings (SSSR count). The van der Waals surface area contributed by atoms with Crippen LogP contribution in [0.3, 0.4) is 0 Å². The van der Waals surface area contributed by atoms with Crippen molar-refractivity contribution in [1.82, 2.24) is 16.3 Å². The fourth-order valence-electron chi connectivity index (χ4n) is 5.45. The first-order valence-corrected chi connectivity index (χ1v) is 16.5. The van der Waals surface area contributed by atoms with Crippen molar-refractivity contribution in [3.63, 3.8) is 0 Å². The highest BCUT2D eigenvalue weighted by Gasteiger charge is 2.26. The summed E-state index contributed by atoms with van der Waals surface area (Å²) >= 11 is 0. The zero-order valence-corrected chi connectivity index (χ0v) is 26.9. The van der Waals surface area contributed by atoms with Crippen LogP contribution in [0.25, 0.3) is 0 Å². The summed E-state index contributed by atoms with van der Waals surface area (Å²) in [5.41, 5.74) is 9.28. The Bertz CT molecular complexity index is 1510. The summed E-state index contributed by atoms with van der Waals surface area (Å²) in [6.45, 7) is 9.95. The summed E-state index contributed by atoms with van der Waals surface area (Å²) in [5.74, 6) is 0.0861. The Morgan fingerprint density at radius 3 is 2.35 bits per heavy atom. The van der Waals surface area contributed by atoms with E-state index in [9.17, 15) is 18.0 Å². The summed E-state index contributed by atoms with van der Waals surface area (Å²) in [6.07, 6.45) is 8.67. The van der Waals surface area contributed by atoms with Gasteiger partial charge in [-0.3, -0.25) is 24.7 Å². The zero-order valence-electron chi connectivity index (χ0n) is 26.1. The van der Waals surface area contributed by atoms with E-state index in [1.54, 1.807) is 35.5 Å². The van der Waals surface area contributed by atoms with Crippen LogP contribution in [0.5, 0.6) is 5.75 Å². The van der Waals surface area contributed by atoms with Gasteiger partial charge in [0.05, 0.1) is 36.6 Å². The number of amides is 2. The van der Waals surface area contributed by atoms with Crippen molar-refractivity contribution in [2.24, 2.45) is 5.92 Å². The second-order valence-electron chi connectivity index (χ2n) is 12.5. The smallest absolute Gasteiger partial charge is 0.270 e. The van der Waals surface area contributed by atoms with Gasteiger partial charge in [-0.25, -0.2) is 8.42 Å². The van der Waals surface area contributed by atoms with E-state index in [-0.39, 0.29) is 28.8 Å². The van der Waals surface area contributed by atoms with Crippen molar-refractivity contribution in [1.29, 1.82) is 0 Å². The van der Waals surface area contributed by atoms with Crippen LogP contribution in [0.4, 0.5) is 17.1 Å². The molecule has 0 aromatic heterocycles. The number of nitrogens with one attached hydrogen (secondary N) is 5. The van der Waals surface area contributed by atoms with Gasteiger partial charge < -0.3 is 15.4 Å². The van der Waals surface area contributed by atoms with Crippen molar-refractivity contribution in [2.75, 3.05) is 28.4 Å². The van der Waals surface area contributed by atoms with E-state index in [1.165, 1.54) is 26.4 Å². The molecule has 234 valence electrons. The predicted molar refractivity (Wildman–Crippen MR) is 170 cm³/mol. The number of benzene rings is 2. The molecule has 11 nitrogen and oxygen atoms in total. The number of anilines is 3. The Morgan fingerprint density at radius 2 is 1.72 bits per heavy atom. The third-order valence-corrected chi connectivity index (χ3v) is 8.55. The number of rotatable bonds is 9. The van der Waals surface area contributed by atoms with Crippen LogP contribution < -0.4 is 36.1 Å². The van der Waals surface area contributed by atoms with E-state index >= 15 is 0 Å². The highest BCUT2D eigenvalue weighted by Crippen LogP contribution is 2.39. The summed E-state index contributed by atoms with van der Waals surface area (Å²) in [4.78, 5) is 26.5. The lowest BCUT2D eigenvalue weighted by Gasteiger charge is -2.28. The normalized spacial score (nSPS) is 16.6. The van der Waals surface area contributed by atoms with Crippen LogP contribution in [0.15, 0.2) is 42.2 Å². The van der Waals surface area contributed by atoms with Gasteiger partial charge in [0.15, 0.2) is 5.75 Å². The molecule has 2 amide bonds. The fraction of sp³-hybridized carbons (Fsp3) is 0.484. The first-order chi connectivity index (χ1) is 20.2. The van der Waals surface area contributed by atoms with E-state index < -0.39 is 15.9 Å². The van der Waals surface area contributed by atoms with E-state index in [0.29, 0.717) is 28.6 Å². The molecule has 43 heavy (non-hydrogen) atoms. The lowest BCUT2D eigenvalue weighted by molar-refractivity contribution is -0.118. The van der Waals surface area contributed by atoms with Gasteiger partial charge in [-0.05, 0) is 73.4 Å². The quantitative estimate of drug-likeness (QED) is 0.275. The maximum atomic E-state index is 13.5. The molecule has 5 N–H and O–H groups in total. The molecule has 1 aliphatic heterocycles. The van der Waals surface area contributed by atoms with Gasteiger partial charge in [0, 0.05) is 11.6 Å². The average Bonchev–Trinajstić information content (AvgIpc) is 3.42. The number of ether oxygens (including phenoxy) is 1. The molecule has 1 atom stereocenters. The molecule has 2 aliphatic rings. The van der Waals surface area contributed by atoms with Crippen LogP contribution >= 0.6 is 0 Å². The molecule has 1 saturated carbocycles. The van der Waals surface area contributed by atoms with Gasteiger partial charge >= 0.3 is 0 Å². The van der Waals surface area contributed by atoms with Crippen LogP contribution in [0, 0.1) is 12.8 Å². The Kier molecular flexibility index (Phi) is 9.60. The van der Waals surface area contributed by atoms with Gasteiger partial charge in [-0.1, -0.05) is 46.1 Å². The Morgan fingerprint density at radius 1 is 1.05 bits per heavy atom. The van der Waals surface area contributed by atoms with E-state index in [0.717, 1.165) is 30.2 Å². The molecular weight excluding hydrogens is 568 g/mol. The minimum absolute atomic E-state index is 0.0836. The molecular formula is C31H44N6O5S. The number of methoxy groups -OCH3 is 1. The van der Waals surface area contributed by atoms with Crippen molar-refractivity contribution < 1.29 is 22.7 Å². The summed E-state index contributed by atoms with van der Waals surface area (Å²) < 4.78 is 32.2. The Balaban J connectivity index is 1.56. The molecule has 0 saturated heterocycles. The van der Waals surface area contributed by atoms with Gasteiger partial charge in [0.1, 0.15) is 5.70 Å². The monoisotopic (exact) mass is 612 g/mol. The highest BCUT2D eigenvalue weighted by molar-refractivity contribution is 7.92. The van der Waals surface area contributed by atoms with Crippen LogP contribution in [-0.4, -0.2) is 39.6 Å². The Hall–Kier alpha value is -3.77. The number of hydrazine groups is 2. The van der Waals surface area contributed by atoms with E-state index in [1.807, 2.05) is 33.8 Å². The lowest BCUT2D eigenvalue weighted by Crippen LogP contribution is -2.43. The number of aryl methyl sites for hydroxylation is 1. The number of carbonyl (C=O) groups is 2. The summed E-state index contributed by atoms with van der Waals surface area (Å²) in [7, 11) is -2.19. The van der Waals surface area contributed by atoms with Gasteiger partial charge in [0.2, 0.25) is 10.0 Å². The molecule has 1 aliphatic carbocycles. The van der Waals surface area contributed by atoms with Crippen molar-refractivity contribution >= 4 is 38.9 Å².